The number of nitrogens with one attached hydrogen (secondary N) is 1. The van der Waals surface area contributed by atoms with Crippen LogP contribution in [-0.4, -0.2) is 34.9 Å². The third-order valence-electron chi connectivity index (χ3n) is 14.7. The maximum Gasteiger partial charge on any atom is 0.220 e. The lowest BCUT2D eigenvalue weighted by Crippen LogP contribution is -2.45. The van der Waals surface area contributed by atoms with Crippen LogP contribution in [0.2, 0.25) is 0 Å². The first-order chi connectivity index (χ1) is 33.2. The second kappa shape index (κ2) is 59.2. The number of hydrogen-bond donors (Lipinski definition) is 3. The number of hydrogen-bond acceptors (Lipinski definition) is 3. The molecule has 2 atom stereocenters. The number of carbonyl (C=O) groups excluding carboxylic acids is 1. The molecule has 0 saturated heterocycles. The summed E-state index contributed by atoms with van der Waals surface area (Å²) in [5.41, 5.74) is 0. The first-order valence-corrected chi connectivity index (χ1v) is 31.1. The van der Waals surface area contributed by atoms with Crippen molar-refractivity contribution in [1.82, 2.24) is 5.32 Å². The van der Waals surface area contributed by atoms with Gasteiger partial charge in [0.2, 0.25) is 5.91 Å². The first kappa shape index (κ1) is 65.9. The van der Waals surface area contributed by atoms with E-state index in [-0.39, 0.29) is 12.5 Å². The molecule has 2 unspecified atom stereocenters. The highest BCUT2D eigenvalue weighted by Crippen LogP contribution is 2.18. The third-order valence-corrected chi connectivity index (χ3v) is 14.7. The van der Waals surface area contributed by atoms with E-state index in [9.17, 15) is 15.0 Å². The molecular formula is C63H123NO3. The summed E-state index contributed by atoms with van der Waals surface area (Å²) in [6.07, 6.45) is 79.5. The molecule has 0 aliphatic carbocycles. The Balaban J connectivity index is 3.39. The summed E-state index contributed by atoms with van der Waals surface area (Å²) < 4.78 is 0. The van der Waals surface area contributed by atoms with Gasteiger partial charge < -0.3 is 15.5 Å². The van der Waals surface area contributed by atoms with Crippen molar-refractivity contribution in [3.63, 3.8) is 0 Å². The van der Waals surface area contributed by atoms with Crippen LogP contribution >= 0.6 is 0 Å². The molecule has 0 saturated carbocycles. The van der Waals surface area contributed by atoms with Crippen LogP contribution in [0.5, 0.6) is 0 Å². The molecule has 0 fully saturated rings. The molecule has 3 N–H and O–H groups in total. The largest absolute Gasteiger partial charge is 0.394 e. The Hall–Kier alpha value is -1.13. The van der Waals surface area contributed by atoms with Gasteiger partial charge in [-0.25, -0.2) is 0 Å². The predicted molar refractivity (Wildman–Crippen MR) is 299 cm³/mol. The third kappa shape index (κ3) is 55.7. The Morgan fingerprint density at radius 1 is 0.343 bits per heavy atom. The minimum atomic E-state index is -0.836. The van der Waals surface area contributed by atoms with Gasteiger partial charge in [0.05, 0.1) is 18.8 Å². The summed E-state index contributed by atoms with van der Waals surface area (Å²) >= 11 is 0. The number of allylic oxidation sites excluding steroid dienone is 3. The SMILES string of the molecule is CCCCCCCCCC/C=C\CCCCCCCCCCCCCCCCCCCCCCCCCCCC(=O)NC(CO)C(O)/C=C/CCCCCCCCCCCCCCCCCC. The molecule has 0 aliphatic heterocycles. The first-order valence-electron chi connectivity index (χ1n) is 31.1. The van der Waals surface area contributed by atoms with E-state index in [4.69, 9.17) is 0 Å². The topological polar surface area (TPSA) is 69.6 Å². The number of aliphatic hydroxyl groups excluding tert-OH is 2. The summed E-state index contributed by atoms with van der Waals surface area (Å²) in [5.74, 6) is -0.0561. The highest BCUT2D eigenvalue weighted by molar-refractivity contribution is 5.76. The van der Waals surface area contributed by atoms with Crippen LogP contribution in [0.25, 0.3) is 0 Å². The van der Waals surface area contributed by atoms with E-state index in [2.05, 4.69) is 31.3 Å². The monoisotopic (exact) mass is 942 g/mol. The van der Waals surface area contributed by atoms with Gasteiger partial charge in [0.25, 0.3) is 0 Å². The van der Waals surface area contributed by atoms with Crippen LogP contribution in [0.15, 0.2) is 24.3 Å². The second-order valence-electron chi connectivity index (χ2n) is 21.5. The van der Waals surface area contributed by atoms with Crippen LogP contribution in [0.4, 0.5) is 0 Å². The summed E-state index contributed by atoms with van der Waals surface area (Å²) in [5, 5.41) is 23.2. The highest BCUT2D eigenvalue weighted by atomic mass is 16.3. The van der Waals surface area contributed by atoms with Crippen molar-refractivity contribution in [1.29, 1.82) is 0 Å². The molecule has 0 radical (unpaired) electrons. The minimum absolute atomic E-state index is 0.0561. The van der Waals surface area contributed by atoms with E-state index >= 15 is 0 Å². The van der Waals surface area contributed by atoms with Crippen molar-refractivity contribution in [2.75, 3.05) is 6.61 Å². The average Bonchev–Trinajstić information content (AvgIpc) is 3.33. The molecule has 0 aromatic heterocycles. The van der Waals surface area contributed by atoms with Gasteiger partial charge in [0, 0.05) is 6.42 Å². The Kier molecular flexibility index (Phi) is 58.2. The number of unbranched alkanes of at least 4 members (excludes halogenated alkanes) is 49. The fraction of sp³-hybridized carbons (Fsp3) is 0.921. The van der Waals surface area contributed by atoms with Gasteiger partial charge in [0.1, 0.15) is 0 Å². The van der Waals surface area contributed by atoms with Gasteiger partial charge >= 0.3 is 0 Å². The lowest BCUT2D eigenvalue weighted by atomic mass is 10.0. The molecule has 0 aromatic rings. The van der Waals surface area contributed by atoms with Gasteiger partial charge in [-0.15, -0.1) is 0 Å². The molecule has 67 heavy (non-hydrogen) atoms. The Bertz CT molecular complexity index is 978. The van der Waals surface area contributed by atoms with Gasteiger partial charge in [-0.3, -0.25) is 4.79 Å². The summed E-state index contributed by atoms with van der Waals surface area (Å²) in [6, 6.07) is -0.619. The average molecular weight is 943 g/mol. The Morgan fingerprint density at radius 3 is 0.821 bits per heavy atom. The zero-order valence-electron chi connectivity index (χ0n) is 46.0. The zero-order valence-corrected chi connectivity index (χ0v) is 46.0. The fourth-order valence-corrected chi connectivity index (χ4v) is 9.94. The van der Waals surface area contributed by atoms with Crippen molar-refractivity contribution < 1.29 is 15.0 Å². The molecule has 0 rings (SSSR count). The maximum absolute atomic E-state index is 12.5. The van der Waals surface area contributed by atoms with Crippen LogP contribution in [0.1, 0.15) is 354 Å². The van der Waals surface area contributed by atoms with E-state index in [1.165, 1.54) is 308 Å². The van der Waals surface area contributed by atoms with E-state index in [0.717, 1.165) is 25.7 Å². The van der Waals surface area contributed by atoms with Gasteiger partial charge in [-0.05, 0) is 44.9 Å². The van der Waals surface area contributed by atoms with Crippen molar-refractivity contribution in [2.45, 2.75) is 366 Å². The summed E-state index contributed by atoms with van der Waals surface area (Å²) in [6.45, 7) is 4.35. The maximum atomic E-state index is 12.5. The van der Waals surface area contributed by atoms with Crippen molar-refractivity contribution in [2.24, 2.45) is 0 Å². The minimum Gasteiger partial charge on any atom is -0.394 e. The molecule has 0 bridgehead atoms. The molecular weight excluding hydrogens is 819 g/mol. The smallest absolute Gasteiger partial charge is 0.220 e. The predicted octanol–water partition coefficient (Wildman–Crippen LogP) is 20.7. The van der Waals surface area contributed by atoms with Crippen molar-refractivity contribution in [3.05, 3.63) is 24.3 Å². The van der Waals surface area contributed by atoms with Crippen LogP contribution in [0, 0.1) is 0 Å². The molecule has 4 heteroatoms. The molecule has 398 valence electrons. The second-order valence-corrected chi connectivity index (χ2v) is 21.5. The standard InChI is InChI=1S/C63H123NO3/c1-3-5-7-9-11-13-15-17-19-21-23-24-25-26-27-28-29-30-31-32-33-34-35-36-37-38-39-40-41-43-45-47-49-51-53-55-57-59-63(67)64-61(60-65)62(66)58-56-54-52-50-48-46-44-42-22-20-18-16-14-12-10-8-6-4-2/h21,23,56,58,61-62,65-66H,3-20,22,24-55,57,59-60H2,1-2H3,(H,64,67)/b23-21-,58-56+. The van der Waals surface area contributed by atoms with E-state index in [0.29, 0.717) is 6.42 Å². The van der Waals surface area contributed by atoms with Crippen LogP contribution in [-0.2, 0) is 4.79 Å². The normalized spacial score (nSPS) is 12.8. The Labute approximate surface area is 421 Å². The molecule has 0 aromatic carbocycles. The zero-order chi connectivity index (χ0) is 48.5. The molecule has 0 heterocycles. The summed E-state index contributed by atoms with van der Waals surface area (Å²) in [7, 11) is 0. The van der Waals surface area contributed by atoms with E-state index in [1.807, 2.05) is 6.08 Å². The lowest BCUT2D eigenvalue weighted by molar-refractivity contribution is -0.123. The van der Waals surface area contributed by atoms with E-state index < -0.39 is 12.1 Å². The fourth-order valence-electron chi connectivity index (χ4n) is 9.94. The number of rotatable bonds is 58. The molecule has 4 nitrogen and oxygen atoms in total. The van der Waals surface area contributed by atoms with Gasteiger partial charge in [0.15, 0.2) is 0 Å². The molecule has 0 aliphatic rings. The van der Waals surface area contributed by atoms with Gasteiger partial charge in [-0.2, -0.15) is 0 Å². The highest BCUT2D eigenvalue weighted by Gasteiger charge is 2.18. The molecule has 0 spiro atoms. The Morgan fingerprint density at radius 2 is 0.567 bits per heavy atom. The van der Waals surface area contributed by atoms with Crippen molar-refractivity contribution >= 4 is 5.91 Å². The van der Waals surface area contributed by atoms with E-state index in [1.54, 1.807) is 6.08 Å². The molecule has 1 amide bonds. The lowest BCUT2D eigenvalue weighted by Gasteiger charge is -2.20. The number of carbonyl (C=O) groups is 1. The van der Waals surface area contributed by atoms with Crippen LogP contribution < -0.4 is 5.32 Å². The quantitative estimate of drug-likeness (QED) is 0.0420. The van der Waals surface area contributed by atoms with Crippen LogP contribution in [0.3, 0.4) is 0 Å². The van der Waals surface area contributed by atoms with Crippen molar-refractivity contribution in [3.8, 4) is 0 Å². The van der Waals surface area contributed by atoms with Gasteiger partial charge in [-0.1, -0.05) is 327 Å². The number of aliphatic hydroxyl groups is 2. The number of amides is 1. The summed E-state index contributed by atoms with van der Waals surface area (Å²) in [4.78, 5) is 12.5.